The van der Waals surface area contributed by atoms with E-state index < -0.39 is 0 Å². The molecule has 2 aliphatic rings. The molecule has 6 heteroatoms. The molecule has 0 radical (unpaired) electrons. The lowest BCUT2D eigenvalue weighted by molar-refractivity contribution is 0.161. The van der Waals surface area contributed by atoms with Gasteiger partial charge in [0.25, 0.3) is 0 Å². The highest BCUT2D eigenvalue weighted by Gasteiger charge is 2.25. The van der Waals surface area contributed by atoms with Crippen LogP contribution in [0.2, 0.25) is 0 Å². The van der Waals surface area contributed by atoms with E-state index in [0.717, 1.165) is 18.3 Å². The minimum absolute atomic E-state index is 0. The van der Waals surface area contributed by atoms with Gasteiger partial charge in [0.15, 0.2) is 0 Å². The fourth-order valence-corrected chi connectivity index (χ4v) is 3.29. The molecule has 1 unspecified atom stereocenters. The molecule has 0 aliphatic carbocycles. The van der Waals surface area contributed by atoms with Crippen LogP contribution in [0.25, 0.3) is 0 Å². The maximum absolute atomic E-state index is 4.32. The summed E-state index contributed by atoms with van der Waals surface area (Å²) in [4.78, 5) is 6.95. The molecule has 108 valence electrons. The molecular weight excluding hydrogens is 262 g/mol. The van der Waals surface area contributed by atoms with Gasteiger partial charge < -0.3 is 10.2 Å². The molecule has 0 saturated carbocycles. The summed E-state index contributed by atoms with van der Waals surface area (Å²) in [7, 11) is 0. The van der Waals surface area contributed by atoms with E-state index >= 15 is 0 Å². The Hall–Kier alpha value is -0.650. The van der Waals surface area contributed by atoms with Gasteiger partial charge in [0, 0.05) is 19.0 Å². The topological polar surface area (TPSA) is 56.8 Å². The lowest BCUT2D eigenvalue weighted by Gasteiger charge is -2.35. The van der Waals surface area contributed by atoms with Crippen LogP contribution in [0.3, 0.4) is 0 Å². The summed E-state index contributed by atoms with van der Waals surface area (Å²) in [5.41, 5.74) is 0. The molecular formula is C13H24ClN5. The number of likely N-dealkylation sites (tertiary alicyclic amines) is 1. The first kappa shape index (κ1) is 14.8. The highest BCUT2D eigenvalue weighted by Crippen LogP contribution is 2.25. The molecule has 3 rings (SSSR count). The lowest BCUT2D eigenvalue weighted by Crippen LogP contribution is -2.40. The number of rotatable bonds is 3. The molecule has 2 aliphatic heterocycles. The Labute approximate surface area is 121 Å². The van der Waals surface area contributed by atoms with E-state index in [1.807, 2.05) is 0 Å². The van der Waals surface area contributed by atoms with E-state index in [1.165, 1.54) is 51.9 Å². The summed E-state index contributed by atoms with van der Waals surface area (Å²) in [5.74, 6) is 2.52. The quantitative estimate of drug-likeness (QED) is 0.882. The molecule has 0 spiro atoms. The van der Waals surface area contributed by atoms with Crippen LogP contribution in [0.5, 0.6) is 0 Å². The monoisotopic (exact) mass is 285 g/mol. The predicted molar refractivity (Wildman–Crippen MR) is 77.6 cm³/mol. The summed E-state index contributed by atoms with van der Waals surface area (Å²) in [6.45, 7) is 6.08. The van der Waals surface area contributed by atoms with E-state index in [4.69, 9.17) is 0 Å². The number of hydrogen-bond acceptors (Lipinski definition) is 4. The van der Waals surface area contributed by atoms with Gasteiger partial charge in [-0.3, -0.25) is 5.10 Å². The number of aromatic amines is 1. The molecule has 1 atom stereocenters. The van der Waals surface area contributed by atoms with Crippen molar-refractivity contribution in [2.45, 2.75) is 31.6 Å². The van der Waals surface area contributed by atoms with E-state index in [2.05, 4.69) is 25.4 Å². The smallest absolute Gasteiger partial charge is 0.137 e. The van der Waals surface area contributed by atoms with Crippen molar-refractivity contribution in [3.8, 4) is 0 Å². The van der Waals surface area contributed by atoms with Crippen LogP contribution in [0.1, 0.15) is 37.4 Å². The third-order valence-electron chi connectivity index (χ3n) is 4.30. The zero-order chi connectivity index (χ0) is 12.2. The van der Waals surface area contributed by atoms with Gasteiger partial charge in [0.1, 0.15) is 12.2 Å². The summed E-state index contributed by atoms with van der Waals surface area (Å²) < 4.78 is 0. The van der Waals surface area contributed by atoms with Crippen molar-refractivity contribution in [3.63, 3.8) is 0 Å². The second kappa shape index (κ2) is 7.22. The molecule has 1 aromatic rings. The van der Waals surface area contributed by atoms with Crippen molar-refractivity contribution in [1.29, 1.82) is 0 Å². The van der Waals surface area contributed by atoms with Crippen molar-refractivity contribution >= 4 is 12.4 Å². The zero-order valence-electron chi connectivity index (χ0n) is 11.3. The lowest BCUT2D eigenvalue weighted by atomic mass is 9.93. The average molecular weight is 286 g/mol. The van der Waals surface area contributed by atoms with Gasteiger partial charge in [-0.2, -0.15) is 5.10 Å². The molecule has 0 amide bonds. The maximum Gasteiger partial charge on any atom is 0.137 e. The van der Waals surface area contributed by atoms with Gasteiger partial charge in [-0.25, -0.2) is 4.98 Å². The minimum Gasteiger partial charge on any atom is -0.317 e. The minimum atomic E-state index is 0. The summed E-state index contributed by atoms with van der Waals surface area (Å²) in [6, 6.07) is 0. The molecule has 2 saturated heterocycles. The summed E-state index contributed by atoms with van der Waals surface area (Å²) in [5, 5.41) is 10.4. The normalized spacial score (nSPS) is 26.0. The Morgan fingerprint density at radius 1 is 1.26 bits per heavy atom. The Morgan fingerprint density at radius 2 is 2.11 bits per heavy atom. The number of nitrogens with one attached hydrogen (secondary N) is 2. The Balaban J connectivity index is 0.00000133. The number of H-pyrrole nitrogens is 1. The molecule has 0 aromatic carbocycles. The van der Waals surface area contributed by atoms with Crippen molar-refractivity contribution in [1.82, 2.24) is 25.4 Å². The van der Waals surface area contributed by atoms with Crippen LogP contribution in [-0.2, 0) is 0 Å². The van der Waals surface area contributed by atoms with Gasteiger partial charge in [0.05, 0.1) is 0 Å². The van der Waals surface area contributed by atoms with Crippen LogP contribution >= 0.6 is 12.4 Å². The van der Waals surface area contributed by atoms with Crippen LogP contribution in [-0.4, -0.2) is 52.8 Å². The van der Waals surface area contributed by atoms with Crippen molar-refractivity contribution in [2.75, 3.05) is 32.7 Å². The SMILES string of the molecule is Cl.c1n[nH]c(C2CCCN(CC3CCNCC3)C2)n1. The van der Waals surface area contributed by atoms with Crippen molar-refractivity contribution in [2.24, 2.45) is 5.92 Å². The maximum atomic E-state index is 4.32. The molecule has 3 heterocycles. The van der Waals surface area contributed by atoms with Crippen LogP contribution in [0, 0.1) is 5.92 Å². The second-order valence-electron chi connectivity index (χ2n) is 5.66. The molecule has 2 N–H and O–H groups in total. The number of halogens is 1. The molecule has 19 heavy (non-hydrogen) atoms. The number of nitrogens with zero attached hydrogens (tertiary/aromatic N) is 3. The van der Waals surface area contributed by atoms with Gasteiger partial charge in [-0.05, 0) is 51.2 Å². The second-order valence-corrected chi connectivity index (χ2v) is 5.66. The summed E-state index contributed by atoms with van der Waals surface area (Å²) in [6.07, 6.45) is 6.84. The Kier molecular flexibility index (Phi) is 5.60. The van der Waals surface area contributed by atoms with Crippen molar-refractivity contribution < 1.29 is 0 Å². The van der Waals surface area contributed by atoms with Crippen LogP contribution in [0.4, 0.5) is 0 Å². The number of piperidine rings is 2. The highest BCUT2D eigenvalue weighted by atomic mass is 35.5. The largest absolute Gasteiger partial charge is 0.317 e. The first-order valence-electron chi connectivity index (χ1n) is 7.20. The molecule has 1 aromatic heterocycles. The van der Waals surface area contributed by atoms with Crippen molar-refractivity contribution in [3.05, 3.63) is 12.2 Å². The first-order chi connectivity index (χ1) is 8.92. The third-order valence-corrected chi connectivity index (χ3v) is 4.30. The van der Waals surface area contributed by atoms with Gasteiger partial charge in [-0.15, -0.1) is 12.4 Å². The third kappa shape index (κ3) is 3.91. The van der Waals surface area contributed by atoms with Gasteiger partial charge in [-0.1, -0.05) is 0 Å². The van der Waals surface area contributed by atoms with E-state index in [1.54, 1.807) is 6.33 Å². The predicted octanol–water partition coefficient (Wildman–Crippen LogP) is 1.41. The van der Waals surface area contributed by atoms with E-state index in [-0.39, 0.29) is 12.4 Å². The Morgan fingerprint density at radius 3 is 2.84 bits per heavy atom. The number of hydrogen-bond donors (Lipinski definition) is 2. The molecule has 2 fully saturated rings. The van der Waals surface area contributed by atoms with E-state index in [0.29, 0.717) is 5.92 Å². The van der Waals surface area contributed by atoms with Gasteiger partial charge >= 0.3 is 0 Å². The molecule has 5 nitrogen and oxygen atoms in total. The zero-order valence-corrected chi connectivity index (χ0v) is 12.2. The number of aromatic nitrogens is 3. The standard InChI is InChI=1S/C13H23N5.ClH/c1-2-12(13-15-10-16-17-13)9-18(7-1)8-11-3-5-14-6-4-11;/h10-12,14H,1-9H2,(H,15,16,17);1H. The molecule has 0 bridgehead atoms. The highest BCUT2D eigenvalue weighted by molar-refractivity contribution is 5.85. The van der Waals surface area contributed by atoms with E-state index in [9.17, 15) is 0 Å². The summed E-state index contributed by atoms with van der Waals surface area (Å²) >= 11 is 0. The fraction of sp³-hybridized carbons (Fsp3) is 0.846. The van der Waals surface area contributed by atoms with Crippen LogP contribution < -0.4 is 5.32 Å². The van der Waals surface area contributed by atoms with Crippen LogP contribution in [0.15, 0.2) is 6.33 Å². The fourth-order valence-electron chi connectivity index (χ4n) is 3.29. The van der Waals surface area contributed by atoms with Gasteiger partial charge in [0.2, 0.25) is 0 Å². The Bertz CT molecular complexity index is 350. The average Bonchev–Trinajstić information content (AvgIpc) is 2.94. The first-order valence-corrected chi connectivity index (χ1v) is 7.20.